The number of nitrogens with zero attached hydrogens (tertiary/aromatic N) is 1. The Morgan fingerprint density at radius 1 is 1.35 bits per heavy atom. The Morgan fingerprint density at radius 3 is 2.74 bits per heavy atom. The van der Waals surface area contributed by atoms with Gasteiger partial charge in [-0.25, -0.2) is 0 Å². The molecule has 1 aromatic rings. The molecule has 2 rings (SSSR count). The lowest BCUT2D eigenvalue weighted by atomic mass is 9.99. The molecular weight excluding hydrogens is 346 g/mol. The van der Waals surface area contributed by atoms with Crippen LogP contribution in [-0.2, 0) is 4.79 Å². The third-order valence-electron chi connectivity index (χ3n) is 4.05. The van der Waals surface area contributed by atoms with Gasteiger partial charge in [0.2, 0.25) is 0 Å². The van der Waals surface area contributed by atoms with E-state index in [1.54, 1.807) is 4.90 Å². The molecule has 0 radical (unpaired) electrons. The molecule has 1 unspecified atom stereocenters. The first-order chi connectivity index (χ1) is 11.1. The van der Waals surface area contributed by atoms with Gasteiger partial charge < -0.3 is 0 Å². The summed E-state index contributed by atoms with van der Waals surface area (Å²) >= 11 is 13.0. The van der Waals surface area contributed by atoms with Crippen molar-refractivity contribution in [2.75, 3.05) is 6.54 Å². The highest BCUT2D eigenvalue weighted by molar-refractivity contribution is 8.26. The molecule has 1 atom stereocenters. The van der Waals surface area contributed by atoms with Crippen molar-refractivity contribution in [1.29, 1.82) is 0 Å². The highest BCUT2D eigenvalue weighted by Gasteiger charge is 2.33. The second-order valence-electron chi connectivity index (χ2n) is 5.73. The molecule has 1 saturated heterocycles. The molecule has 0 aliphatic carbocycles. The normalized spacial score (nSPS) is 18.0. The van der Waals surface area contributed by atoms with Gasteiger partial charge in [-0.1, -0.05) is 86.9 Å². The SMILES string of the molecule is CCCCC(CC)CN1C(=O)/C(=C/c2ccccc2Cl)SC1=S. The van der Waals surface area contributed by atoms with E-state index in [4.69, 9.17) is 23.8 Å². The molecule has 1 aliphatic heterocycles. The first-order valence-electron chi connectivity index (χ1n) is 8.06. The second-order valence-corrected chi connectivity index (χ2v) is 7.81. The topological polar surface area (TPSA) is 20.3 Å². The van der Waals surface area contributed by atoms with Gasteiger partial charge in [0, 0.05) is 11.6 Å². The minimum atomic E-state index is 0.00914. The summed E-state index contributed by atoms with van der Waals surface area (Å²) < 4.78 is 0.656. The molecule has 23 heavy (non-hydrogen) atoms. The monoisotopic (exact) mass is 367 g/mol. The standard InChI is InChI=1S/C18H22ClNOS2/c1-3-5-8-13(4-2)12-20-17(21)16(23-18(20)22)11-14-9-6-7-10-15(14)19/h6-7,9-11,13H,3-5,8,12H2,1-2H3/b16-11-. The van der Waals surface area contributed by atoms with Crippen molar-refractivity contribution in [3.63, 3.8) is 0 Å². The highest BCUT2D eigenvalue weighted by atomic mass is 35.5. The molecule has 1 aliphatic rings. The van der Waals surface area contributed by atoms with E-state index in [1.165, 1.54) is 24.6 Å². The van der Waals surface area contributed by atoms with Crippen LogP contribution in [0, 0.1) is 5.92 Å². The average Bonchev–Trinajstić information content (AvgIpc) is 2.80. The summed E-state index contributed by atoms with van der Waals surface area (Å²) in [6.07, 6.45) is 6.44. The second kappa shape index (κ2) is 8.86. The number of amides is 1. The zero-order valence-electron chi connectivity index (χ0n) is 13.5. The van der Waals surface area contributed by atoms with Gasteiger partial charge in [0.15, 0.2) is 0 Å². The van der Waals surface area contributed by atoms with Crippen LogP contribution in [0.4, 0.5) is 0 Å². The number of halogens is 1. The lowest BCUT2D eigenvalue weighted by Gasteiger charge is -2.21. The van der Waals surface area contributed by atoms with Crippen LogP contribution in [0.5, 0.6) is 0 Å². The molecule has 0 N–H and O–H groups in total. The van der Waals surface area contributed by atoms with Crippen LogP contribution in [0.2, 0.25) is 5.02 Å². The Labute approximate surface area is 153 Å². The molecule has 2 nitrogen and oxygen atoms in total. The summed E-state index contributed by atoms with van der Waals surface area (Å²) in [5, 5.41) is 0.646. The smallest absolute Gasteiger partial charge is 0.266 e. The molecular formula is C18H22ClNOS2. The fourth-order valence-electron chi connectivity index (χ4n) is 2.57. The van der Waals surface area contributed by atoms with Gasteiger partial charge in [0.05, 0.1) is 4.91 Å². The maximum absolute atomic E-state index is 12.7. The summed E-state index contributed by atoms with van der Waals surface area (Å²) in [7, 11) is 0. The van der Waals surface area contributed by atoms with Gasteiger partial charge in [-0.15, -0.1) is 0 Å². The van der Waals surface area contributed by atoms with Crippen LogP contribution in [0.15, 0.2) is 29.2 Å². The van der Waals surface area contributed by atoms with E-state index in [0.717, 1.165) is 24.9 Å². The van der Waals surface area contributed by atoms with Crippen LogP contribution in [0.25, 0.3) is 6.08 Å². The third-order valence-corrected chi connectivity index (χ3v) is 5.77. The summed E-state index contributed by atoms with van der Waals surface area (Å²) in [4.78, 5) is 15.1. The number of benzene rings is 1. The molecule has 5 heteroatoms. The first-order valence-corrected chi connectivity index (χ1v) is 9.67. The zero-order valence-corrected chi connectivity index (χ0v) is 15.9. The number of rotatable bonds is 7. The molecule has 1 aromatic carbocycles. The molecule has 0 spiro atoms. The maximum Gasteiger partial charge on any atom is 0.266 e. The Kier molecular flexibility index (Phi) is 7.12. The van der Waals surface area contributed by atoms with Crippen LogP contribution < -0.4 is 0 Å². The van der Waals surface area contributed by atoms with Crippen molar-refractivity contribution >= 4 is 51.9 Å². The first kappa shape index (κ1) is 18.5. The van der Waals surface area contributed by atoms with E-state index in [1.807, 2.05) is 30.3 Å². The molecule has 0 aromatic heterocycles. The van der Waals surface area contributed by atoms with Crippen LogP contribution in [0.3, 0.4) is 0 Å². The minimum Gasteiger partial charge on any atom is -0.293 e. The number of hydrogen-bond donors (Lipinski definition) is 0. The molecule has 124 valence electrons. The third kappa shape index (κ3) is 4.82. The van der Waals surface area contributed by atoms with Crippen LogP contribution in [0.1, 0.15) is 45.1 Å². The predicted octanol–water partition coefficient (Wildman–Crippen LogP) is 5.76. The quantitative estimate of drug-likeness (QED) is 0.451. The molecule has 0 bridgehead atoms. The largest absolute Gasteiger partial charge is 0.293 e. The van der Waals surface area contributed by atoms with Gasteiger partial charge >= 0.3 is 0 Å². The van der Waals surface area contributed by atoms with Crippen LogP contribution in [-0.4, -0.2) is 21.7 Å². The number of thioether (sulfide) groups is 1. The van der Waals surface area contributed by atoms with Crippen molar-refractivity contribution < 1.29 is 4.79 Å². The predicted molar refractivity (Wildman–Crippen MR) is 105 cm³/mol. The molecule has 1 heterocycles. The van der Waals surface area contributed by atoms with Crippen molar-refractivity contribution in [2.45, 2.75) is 39.5 Å². The zero-order chi connectivity index (χ0) is 16.8. The van der Waals surface area contributed by atoms with E-state index in [9.17, 15) is 4.79 Å². The summed E-state index contributed by atoms with van der Waals surface area (Å²) in [6.45, 7) is 5.09. The van der Waals surface area contributed by atoms with E-state index in [0.29, 0.717) is 20.2 Å². The van der Waals surface area contributed by atoms with E-state index in [-0.39, 0.29) is 5.91 Å². The van der Waals surface area contributed by atoms with Crippen LogP contribution >= 0.6 is 35.6 Å². The van der Waals surface area contributed by atoms with E-state index < -0.39 is 0 Å². The fraction of sp³-hybridized carbons (Fsp3) is 0.444. The number of thiocarbonyl (C=S) groups is 1. The Bertz CT molecular complexity index is 615. The van der Waals surface area contributed by atoms with E-state index >= 15 is 0 Å². The van der Waals surface area contributed by atoms with Crippen molar-refractivity contribution in [2.24, 2.45) is 5.92 Å². The molecule has 1 fully saturated rings. The summed E-state index contributed by atoms with van der Waals surface area (Å²) in [6, 6.07) is 7.53. The van der Waals surface area contributed by atoms with Gasteiger partial charge in [-0.2, -0.15) is 0 Å². The van der Waals surface area contributed by atoms with Gasteiger partial charge in [0.25, 0.3) is 5.91 Å². The number of carbonyl (C=O) groups excluding carboxylic acids is 1. The number of carbonyl (C=O) groups is 1. The molecule has 0 saturated carbocycles. The lowest BCUT2D eigenvalue weighted by Crippen LogP contribution is -2.33. The summed E-state index contributed by atoms with van der Waals surface area (Å²) in [5.74, 6) is 0.520. The Morgan fingerprint density at radius 2 is 2.09 bits per heavy atom. The van der Waals surface area contributed by atoms with Crippen molar-refractivity contribution in [1.82, 2.24) is 4.90 Å². The average molecular weight is 368 g/mol. The van der Waals surface area contributed by atoms with Gasteiger partial charge in [-0.05, 0) is 30.0 Å². The Balaban J connectivity index is 2.12. The van der Waals surface area contributed by atoms with Crippen molar-refractivity contribution in [3.05, 3.63) is 39.8 Å². The van der Waals surface area contributed by atoms with Crippen molar-refractivity contribution in [3.8, 4) is 0 Å². The Hall–Kier alpha value is -0.840. The minimum absolute atomic E-state index is 0.00914. The number of hydrogen-bond acceptors (Lipinski definition) is 3. The summed E-state index contributed by atoms with van der Waals surface area (Å²) in [5.41, 5.74) is 0.854. The lowest BCUT2D eigenvalue weighted by molar-refractivity contribution is -0.122. The maximum atomic E-state index is 12.7. The van der Waals surface area contributed by atoms with Gasteiger partial charge in [-0.3, -0.25) is 9.69 Å². The number of unbranched alkanes of at least 4 members (excludes halogenated alkanes) is 1. The van der Waals surface area contributed by atoms with Gasteiger partial charge in [0.1, 0.15) is 4.32 Å². The fourth-order valence-corrected chi connectivity index (χ4v) is 4.02. The highest BCUT2D eigenvalue weighted by Crippen LogP contribution is 2.34. The van der Waals surface area contributed by atoms with E-state index in [2.05, 4.69) is 13.8 Å². The molecule has 1 amide bonds.